The Morgan fingerprint density at radius 2 is 1.85 bits per heavy atom. The Labute approximate surface area is 189 Å². The Morgan fingerprint density at radius 3 is 2.58 bits per heavy atom. The third-order valence-corrected chi connectivity index (χ3v) is 5.70. The van der Waals surface area contributed by atoms with Gasteiger partial charge < -0.3 is 19.8 Å². The first-order chi connectivity index (χ1) is 15.7. The van der Waals surface area contributed by atoms with Crippen molar-refractivity contribution < 1.29 is 27.8 Å². The van der Waals surface area contributed by atoms with E-state index in [0.717, 1.165) is 17.5 Å². The van der Waals surface area contributed by atoms with Gasteiger partial charge in [0.15, 0.2) is 22.8 Å². The predicted octanol–water partition coefficient (Wildman–Crippen LogP) is 2.84. The predicted molar refractivity (Wildman–Crippen MR) is 116 cm³/mol. The zero-order valence-electron chi connectivity index (χ0n) is 17.2. The lowest BCUT2D eigenvalue weighted by Crippen LogP contribution is -2.34. The summed E-state index contributed by atoms with van der Waals surface area (Å²) in [6.45, 7) is 1.92. The van der Waals surface area contributed by atoms with Crippen LogP contribution >= 0.6 is 11.9 Å². The summed E-state index contributed by atoms with van der Waals surface area (Å²) < 4.78 is 36.8. The molecule has 0 fully saturated rings. The fourth-order valence-corrected chi connectivity index (χ4v) is 4.05. The number of benzene rings is 2. The number of amidine groups is 1. The van der Waals surface area contributed by atoms with Gasteiger partial charge in [-0.05, 0) is 31.0 Å². The average Bonchev–Trinajstić information content (AvgIpc) is 3.38. The average molecular weight is 474 g/mol. The monoisotopic (exact) mass is 474 g/mol. The summed E-state index contributed by atoms with van der Waals surface area (Å²) in [5, 5.41) is 5.56. The normalized spacial score (nSPS) is 18.9. The van der Waals surface area contributed by atoms with Crippen LogP contribution in [0.5, 0.6) is 11.5 Å². The maximum Gasteiger partial charge on any atom is 0.586 e. The molecule has 2 amide bonds. The number of alkyl halides is 2. The number of hydrogen-bond donors (Lipinski definition) is 3. The first-order valence-electron chi connectivity index (χ1n) is 9.64. The quantitative estimate of drug-likeness (QED) is 0.499. The summed E-state index contributed by atoms with van der Waals surface area (Å²) in [5.74, 6) is -1.04. The molecule has 0 aliphatic carbocycles. The number of carbonyl (C=O) groups excluding carboxylic acids is 2. The summed E-state index contributed by atoms with van der Waals surface area (Å²) >= 11 is 1.11. The molecule has 0 saturated heterocycles. The zero-order chi connectivity index (χ0) is 23.3. The molecule has 33 heavy (non-hydrogen) atoms. The van der Waals surface area contributed by atoms with Crippen LogP contribution in [0, 0.1) is 6.92 Å². The first-order valence-corrected chi connectivity index (χ1v) is 10.4. The van der Waals surface area contributed by atoms with E-state index in [2.05, 4.69) is 35.1 Å². The number of rotatable bonds is 3. The number of nitrogens with zero attached hydrogens (tertiary/aromatic N) is 3. The molecule has 3 N–H and O–H groups in total. The number of likely N-dealkylation sites (N-methyl/N-ethyl adjacent to an activating group) is 1. The summed E-state index contributed by atoms with van der Waals surface area (Å²) in [6.07, 6.45) is -4.65. The Balaban J connectivity index is 1.27. The second kappa shape index (κ2) is 7.71. The number of imidazole rings is 1. The van der Waals surface area contributed by atoms with Gasteiger partial charge in [0, 0.05) is 24.7 Å². The Kier molecular flexibility index (Phi) is 4.94. The smallest absolute Gasteiger partial charge is 0.395 e. The van der Waals surface area contributed by atoms with Crippen LogP contribution in [0.15, 0.2) is 41.4 Å². The maximum atomic E-state index is 13.2. The molecule has 13 heteroatoms. The van der Waals surface area contributed by atoms with E-state index >= 15 is 0 Å². The van der Waals surface area contributed by atoms with Gasteiger partial charge in [0.05, 0.1) is 11.0 Å². The Morgan fingerprint density at radius 1 is 1.15 bits per heavy atom. The highest BCUT2D eigenvalue weighted by Gasteiger charge is 2.43. The van der Waals surface area contributed by atoms with Crippen molar-refractivity contribution in [2.75, 3.05) is 12.4 Å². The number of halogens is 2. The van der Waals surface area contributed by atoms with Crippen molar-refractivity contribution in [3.05, 3.63) is 47.5 Å². The standard InChI is InChI=1S/C20H16F2N6O4S/c1-9-3-5-10(6-4-9)16(29)27-19-25-15(28(2)33-19)17(30)26-18-23-11-7-13-14(8-12(11)24-18)32-20(21,22)31-13/h3-8,15H,1-2H3,(H,25,27,29)(H2,23,24,26,30). The highest BCUT2D eigenvalue weighted by Crippen LogP contribution is 2.43. The van der Waals surface area contributed by atoms with E-state index in [9.17, 15) is 18.4 Å². The number of fused-ring (bicyclic) bond motifs is 2. The van der Waals surface area contributed by atoms with Crippen molar-refractivity contribution in [2.24, 2.45) is 4.99 Å². The van der Waals surface area contributed by atoms with Gasteiger partial charge in [0.25, 0.3) is 11.8 Å². The number of carbonyl (C=O) groups is 2. The summed E-state index contributed by atoms with van der Waals surface area (Å²) in [4.78, 5) is 36.4. The van der Waals surface area contributed by atoms with E-state index in [1.54, 1.807) is 23.5 Å². The van der Waals surface area contributed by atoms with Crippen LogP contribution in [0.25, 0.3) is 11.0 Å². The molecule has 2 aliphatic rings. The van der Waals surface area contributed by atoms with Gasteiger partial charge in [-0.3, -0.25) is 14.9 Å². The van der Waals surface area contributed by atoms with Crippen LogP contribution in [0.1, 0.15) is 15.9 Å². The third-order valence-electron chi connectivity index (χ3n) is 4.83. The van der Waals surface area contributed by atoms with Crippen LogP contribution in [0.3, 0.4) is 0 Å². The Hall–Kier alpha value is -3.71. The summed E-state index contributed by atoms with van der Waals surface area (Å²) in [7, 11) is 1.65. The lowest BCUT2D eigenvalue weighted by molar-refractivity contribution is -0.286. The van der Waals surface area contributed by atoms with Crippen molar-refractivity contribution in [1.82, 2.24) is 19.6 Å². The fourth-order valence-electron chi connectivity index (χ4n) is 3.25. The molecule has 0 bridgehead atoms. The van der Waals surface area contributed by atoms with Gasteiger partial charge in [-0.2, -0.15) is 0 Å². The molecule has 0 radical (unpaired) electrons. The van der Waals surface area contributed by atoms with Gasteiger partial charge in [-0.15, -0.1) is 8.78 Å². The molecule has 2 aliphatic heterocycles. The lowest BCUT2D eigenvalue weighted by atomic mass is 10.1. The molecule has 3 aromatic rings. The van der Waals surface area contributed by atoms with Crippen LogP contribution in [-0.4, -0.2) is 50.8 Å². The lowest BCUT2D eigenvalue weighted by Gasteiger charge is -2.14. The number of H-pyrrole nitrogens is 1. The van der Waals surface area contributed by atoms with E-state index in [-0.39, 0.29) is 28.5 Å². The molecule has 2 aromatic carbocycles. The largest absolute Gasteiger partial charge is 0.586 e. The topological polar surface area (TPSA) is 121 Å². The molecule has 170 valence electrons. The number of aryl methyl sites for hydroxylation is 1. The molecule has 5 rings (SSSR count). The fraction of sp³-hybridized carbons (Fsp3) is 0.200. The van der Waals surface area contributed by atoms with Gasteiger partial charge in [-0.25, -0.2) is 14.3 Å². The van der Waals surface area contributed by atoms with Crippen molar-refractivity contribution >= 4 is 45.9 Å². The maximum absolute atomic E-state index is 13.2. The third kappa shape index (κ3) is 4.19. The van der Waals surface area contributed by atoms with Crippen LogP contribution < -0.4 is 20.1 Å². The van der Waals surface area contributed by atoms with Crippen molar-refractivity contribution in [3.63, 3.8) is 0 Å². The second-order valence-electron chi connectivity index (χ2n) is 7.32. The van der Waals surface area contributed by atoms with Crippen LogP contribution in [0.4, 0.5) is 14.7 Å². The van der Waals surface area contributed by atoms with Crippen LogP contribution in [-0.2, 0) is 4.79 Å². The van der Waals surface area contributed by atoms with Gasteiger partial charge in [-0.1, -0.05) is 17.7 Å². The van der Waals surface area contributed by atoms with Crippen molar-refractivity contribution in [3.8, 4) is 11.5 Å². The minimum atomic E-state index is -3.73. The number of ether oxygens (including phenoxy) is 2. The first kappa shape index (κ1) is 21.2. The van der Waals surface area contributed by atoms with Gasteiger partial charge >= 0.3 is 6.29 Å². The van der Waals surface area contributed by atoms with Crippen molar-refractivity contribution in [2.45, 2.75) is 19.4 Å². The number of aliphatic imine (C=N–C) groups is 1. The molecular weight excluding hydrogens is 458 g/mol. The number of anilines is 1. The van der Waals surface area contributed by atoms with E-state index in [1.165, 1.54) is 12.1 Å². The Bertz CT molecular complexity index is 1260. The van der Waals surface area contributed by atoms with Gasteiger partial charge in [0.1, 0.15) is 0 Å². The van der Waals surface area contributed by atoms with E-state index in [1.807, 2.05) is 19.1 Å². The molecule has 1 unspecified atom stereocenters. The number of nitrogens with one attached hydrogen (secondary N) is 3. The number of amides is 2. The molecule has 3 heterocycles. The van der Waals surface area contributed by atoms with Crippen LogP contribution in [0.2, 0.25) is 0 Å². The van der Waals surface area contributed by atoms with E-state index < -0.39 is 18.4 Å². The summed E-state index contributed by atoms with van der Waals surface area (Å²) in [6, 6.07) is 9.65. The number of hydrogen-bond acceptors (Lipinski definition) is 8. The molecule has 0 spiro atoms. The second-order valence-corrected chi connectivity index (χ2v) is 8.47. The molecule has 10 nitrogen and oxygen atoms in total. The summed E-state index contributed by atoms with van der Waals surface area (Å²) in [5.41, 5.74) is 2.17. The van der Waals surface area contributed by atoms with Gasteiger partial charge in [0.2, 0.25) is 5.95 Å². The van der Waals surface area contributed by atoms with E-state index in [4.69, 9.17) is 0 Å². The number of aromatic amines is 1. The SMILES string of the molecule is Cc1ccc(C(=O)NC2=NC(C(=O)Nc3nc4cc5c(cc4[nH]3)OC(F)(F)O5)N(C)S2)cc1. The molecular formula is C20H16F2N6O4S. The molecule has 1 aromatic heterocycles. The van der Waals surface area contributed by atoms with E-state index in [0.29, 0.717) is 16.6 Å². The zero-order valence-corrected chi connectivity index (χ0v) is 18.0. The highest BCUT2D eigenvalue weighted by molar-refractivity contribution is 8.12. The highest BCUT2D eigenvalue weighted by atomic mass is 32.2. The van der Waals surface area contributed by atoms with Crippen molar-refractivity contribution in [1.29, 1.82) is 0 Å². The molecule has 1 atom stereocenters. The molecule has 0 saturated carbocycles. The number of aromatic nitrogens is 2. The minimum Gasteiger partial charge on any atom is -0.395 e. The minimum absolute atomic E-state index is 0.0937.